The molecule has 0 bridgehead atoms. The van der Waals surface area contributed by atoms with Gasteiger partial charge in [0.2, 0.25) is 0 Å². The van der Waals surface area contributed by atoms with Crippen LogP contribution in [0.4, 0.5) is 0 Å². The van der Waals surface area contributed by atoms with Gasteiger partial charge in [0.15, 0.2) is 0 Å². The summed E-state index contributed by atoms with van der Waals surface area (Å²) in [5.74, 6) is 1.68. The Morgan fingerprint density at radius 2 is 2.00 bits per heavy atom. The summed E-state index contributed by atoms with van der Waals surface area (Å²) in [6.45, 7) is 4.34. The molecular formula is C14H18O. The predicted molar refractivity (Wildman–Crippen MR) is 63.4 cm³/mol. The van der Waals surface area contributed by atoms with Gasteiger partial charge in [0.1, 0.15) is 11.9 Å². The first kappa shape index (κ1) is 10.3. The molecule has 0 heterocycles. The standard InChI is InChI=1S/C14H18O/c1-11-3-7-13(8-4-11)15-14-9-5-12(2)6-10-14/h3-5,7,9-10,12-13H,6,8H2,1-2H3/t12-,13?/m0/s1. The Bertz CT molecular complexity index is 344. The minimum Gasteiger partial charge on any atom is -0.486 e. The van der Waals surface area contributed by atoms with Crippen LogP contribution in [-0.2, 0) is 4.74 Å². The third-order valence-corrected chi connectivity index (χ3v) is 2.81. The van der Waals surface area contributed by atoms with Gasteiger partial charge in [0.05, 0.1) is 0 Å². The van der Waals surface area contributed by atoms with Crippen molar-refractivity contribution in [2.45, 2.75) is 32.8 Å². The lowest BCUT2D eigenvalue weighted by Crippen LogP contribution is -2.11. The van der Waals surface area contributed by atoms with E-state index in [0.717, 1.165) is 18.6 Å². The molecule has 0 spiro atoms. The third kappa shape index (κ3) is 2.85. The Balaban J connectivity index is 1.89. The van der Waals surface area contributed by atoms with Crippen LogP contribution < -0.4 is 0 Å². The molecule has 80 valence electrons. The van der Waals surface area contributed by atoms with Gasteiger partial charge in [-0.3, -0.25) is 0 Å². The van der Waals surface area contributed by atoms with E-state index >= 15 is 0 Å². The fourth-order valence-electron chi connectivity index (χ4n) is 1.77. The molecule has 0 aromatic rings. The summed E-state index contributed by atoms with van der Waals surface area (Å²) in [7, 11) is 0. The molecule has 2 aliphatic rings. The first-order valence-corrected chi connectivity index (χ1v) is 5.64. The van der Waals surface area contributed by atoms with Crippen molar-refractivity contribution in [3.8, 4) is 0 Å². The average Bonchev–Trinajstić information content (AvgIpc) is 2.25. The summed E-state index contributed by atoms with van der Waals surface area (Å²) in [5.41, 5.74) is 1.33. The minimum atomic E-state index is 0.220. The van der Waals surface area contributed by atoms with Crippen molar-refractivity contribution in [2.24, 2.45) is 5.92 Å². The molecule has 2 rings (SSSR count). The molecule has 0 aromatic carbocycles. The molecule has 0 amide bonds. The molecule has 0 saturated heterocycles. The van der Waals surface area contributed by atoms with Crippen LogP contribution in [0.1, 0.15) is 26.7 Å². The molecular weight excluding hydrogens is 184 g/mol. The van der Waals surface area contributed by atoms with E-state index in [0.29, 0.717) is 5.92 Å². The highest BCUT2D eigenvalue weighted by molar-refractivity contribution is 5.24. The van der Waals surface area contributed by atoms with E-state index in [1.54, 1.807) is 0 Å². The van der Waals surface area contributed by atoms with Gasteiger partial charge in [-0.1, -0.05) is 30.7 Å². The van der Waals surface area contributed by atoms with Crippen LogP contribution in [-0.4, -0.2) is 6.10 Å². The molecule has 15 heavy (non-hydrogen) atoms. The molecule has 1 nitrogen and oxygen atoms in total. The van der Waals surface area contributed by atoms with Crippen molar-refractivity contribution >= 4 is 0 Å². The molecule has 0 saturated carbocycles. The average molecular weight is 202 g/mol. The van der Waals surface area contributed by atoms with E-state index in [-0.39, 0.29) is 6.10 Å². The van der Waals surface area contributed by atoms with Crippen molar-refractivity contribution in [3.63, 3.8) is 0 Å². The summed E-state index contributed by atoms with van der Waals surface area (Å²) in [6.07, 6.45) is 15.3. The lowest BCUT2D eigenvalue weighted by molar-refractivity contribution is 0.164. The highest BCUT2D eigenvalue weighted by Gasteiger charge is 2.11. The Morgan fingerprint density at radius 3 is 2.60 bits per heavy atom. The van der Waals surface area contributed by atoms with Gasteiger partial charge in [-0.05, 0) is 37.5 Å². The normalized spacial score (nSPS) is 29.7. The maximum atomic E-state index is 5.87. The number of hydrogen-bond donors (Lipinski definition) is 0. The molecule has 0 aromatic heterocycles. The van der Waals surface area contributed by atoms with Gasteiger partial charge in [-0.15, -0.1) is 0 Å². The fourth-order valence-corrected chi connectivity index (χ4v) is 1.77. The maximum Gasteiger partial charge on any atom is 0.121 e. The first-order valence-electron chi connectivity index (χ1n) is 5.64. The molecule has 1 heteroatoms. The van der Waals surface area contributed by atoms with E-state index in [1.807, 2.05) is 0 Å². The molecule has 0 fully saturated rings. The summed E-state index contributed by atoms with van der Waals surface area (Å²) in [6, 6.07) is 0. The zero-order valence-electron chi connectivity index (χ0n) is 9.44. The van der Waals surface area contributed by atoms with Crippen molar-refractivity contribution in [3.05, 3.63) is 47.8 Å². The highest BCUT2D eigenvalue weighted by atomic mass is 16.5. The molecule has 2 aliphatic carbocycles. The summed E-state index contributed by atoms with van der Waals surface area (Å²) in [5, 5.41) is 0. The SMILES string of the molecule is CC1=CCC(OC2=CC[C@@H](C)C=C2)C=C1. The van der Waals surface area contributed by atoms with Crippen LogP contribution in [0.2, 0.25) is 0 Å². The molecule has 2 atom stereocenters. The minimum absolute atomic E-state index is 0.220. The van der Waals surface area contributed by atoms with Crippen molar-refractivity contribution in [1.29, 1.82) is 0 Å². The third-order valence-electron chi connectivity index (χ3n) is 2.81. The summed E-state index contributed by atoms with van der Waals surface area (Å²) < 4.78 is 5.87. The second kappa shape index (κ2) is 4.52. The Hall–Kier alpha value is -1.24. The van der Waals surface area contributed by atoms with Crippen molar-refractivity contribution < 1.29 is 4.74 Å². The molecule has 0 N–H and O–H groups in total. The first-order chi connectivity index (χ1) is 7.24. The largest absolute Gasteiger partial charge is 0.486 e. The van der Waals surface area contributed by atoms with E-state index in [2.05, 4.69) is 50.3 Å². The van der Waals surface area contributed by atoms with Gasteiger partial charge < -0.3 is 4.74 Å². The van der Waals surface area contributed by atoms with Crippen LogP contribution in [0.5, 0.6) is 0 Å². The van der Waals surface area contributed by atoms with Crippen LogP contribution in [0.25, 0.3) is 0 Å². The topological polar surface area (TPSA) is 9.23 Å². The maximum absolute atomic E-state index is 5.87. The Kier molecular flexibility index (Phi) is 3.10. The van der Waals surface area contributed by atoms with Crippen molar-refractivity contribution in [2.75, 3.05) is 0 Å². The Morgan fingerprint density at radius 1 is 1.13 bits per heavy atom. The smallest absolute Gasteiger partial charge is 0.121 e. The van der Waals surface area contributed by atoms with E-state index in [1.165, 1.54) is 5.57 Å². The van der Waals surface area contributed by atoms with Gasteiger partial charge in [-0.25, -0.2) is 0 Å². The van der Waals surface area contributed by atoms with E-state index in [4.69, 9.17) is 4.74 Å². The second-order valence-electron chi connectivity index (χ2n) is 4.38. The number of allylic oxidation sites excluding steroid dienone is 5. The van der Waals surface area contributed by atoms with Crippen LogP contribution in [0.3, 0.4) is 0 Å². The van der Waals surface area contributed by atoms with E-state index in [9.17, 15) is 0 Å². The monoisotopic (exact) mass is 202 g/mol. The van der Waals surface area contributed by atoms with Gasteiger partial charge >= 0.3 is 0 Å². The highest BCUT2D eigenvalue weighted by Crippen LogP contribution is 2.21. The van der Waals surface area contributed by atoms with Gasteiger partial charge in [-0.2, -0.15) is 0 Å². The van der Waals surface area contributed by atoms with Crippen LogP contribution in [0, 0.1) is 5.92 Å². The zero-order valence-corrected chi connectivity index (χ0v) is 9.44. The van der Waals surface area contributed by atoms with Crippen molar-refractivity contribution in [1.82, 2.24) is 0 Å². The summed E-state index contributed by atoms with van der Waals surface area (Å²) in [4.78, 5) is 0. The van der Waals surface area contributed by atoms with Crippen LogP contribution in [0.15, 0.2) is 47.8 Å². The molecule has 1 unspecified atom stereocenters. The predicted octanol–water partition coefficient (Wildman–Crippen LogP) is 3.76. The summed E-state index contributed by atoms with van der Waals surface area (Å²) >= 11 is 0. The quantitative estimate of drug-likeness (QED) is 0.662. The van der Waals surface area contributed by atoms with Gasteiger partial charge in [0, 0.05) is 6.42 Å². The lowest BCUT2D eigenvalue weighted by Gasteiger charge is -2.20. The van der Waals surface area contributed by atoms with Crippen LogP contribution >= 0.6 is 0 Å². The lowest BCUT2D eigenvalue weighted by atomic mass is 10.0. The molecule has 0 aliphatic heterocycles. The molecule has 0 radical (unpaired) electrons. The zero-order chi connectivity index (χ0) is 10.7. The number of rotatable bonds is 2. The number of hydrogen-bond acceptors (Lipinski definition) is 1. The van der Waals surface area contributed by atoms with Gasteiger partial charge in [0.25, 0.3) is 0 Å². The second-order valence-corrected chi connectivity index (χ2v) is 4.38. The van der Waals surface area contributed by atoms with E-state index < -0.39 is 0 Å². The number of ether oxygens (including phenoxy) is 1. The fraction of sp³-hybridized carbons (Fsp3) is 0.429. The Labute approximate surface area is 91.8 Å².